The lowest BCUT2D eigenvalue weighted by Crippen LogP contribution is -2.38. The summed E-state index contributed by atoms with van der Waals surface area (Å²) in [7, 11) is -0.714. The van der Waals surface area contributed by atoms with E-state index in [2.05, 4.69) is 5.32 Å². The molecule has 2 aromatic carbocycles. The smallest absolute Gasteiger partial charge is 0.341 e. The van der Waals surface area contributed by atoms with Gasteiger partial charge in [0.15, 0.2) is 0 Å². The van der Waals surface area contributed by atoms with Gasteiger partial charge in [0, 0.05) is 28.7 Å². The fraction of sp³-hybridized carbons (Fsp3) is 0.333. The maximum atomic E-state index is 13.0. The molecule has 1 amide bonds. The van der Waals surface area contributed by atoms with Gasteiger partial charge in [0.1, 0.15) is 10.6 Å². The summed E-state index contributed by atoms with van der Waals surface area (Å²) in [5.41, 5.74) is 0.599. The Labute approximate surface area is 197 Å². The molecule has 0 radical (unpaired) electrons. The van der Waals surface area contributed by atoms with E-state index in [-0.39, 0.29) is 10.9 Å². The topological polar surface area (TPSA) is 92.8 Å². The zero-order valence-electron chi connectivity index (χ0n) is 18.5. The van der Waals surface area contributed by atoms with E-state index in [0.717, 1.165) is 36.8 Å². The maximum absolute atomic E-state index is 13.0. The lowest BCUT2D eigenvalue weighted by molar-refractivity contribution is 0.0604. The molecular weight excluding hydrogens is 460 g/mol. The van der Waals surface area contributed by atoms with E-state index in [4.69, 9.17) is 4.74 Å². The van der Waals surface area contributed by atoms with Crippen molar-refractivity contribution in [3.05, 3.63) is 59.7 Å². The lowest BCUT2D eigenvalue weighted by Gasteiger charge is -2.30. The second kappa shape index (κ2) is 9.62. The Morgan fingerprint density at radius 2 is 1.70 bits per heavy atom. The summed E-state index contributed by atoms with van der Waals surface area (Å²) in [5.74, 6) is -0.966. The summed E-state index contributed by atoms with van der Waals surface area (Å²) in [4.78, 5) is 25.4. The number of esters is 1. The van der Waals surface area contributed by atoms with Gasteiger partial charge in [0.25, 0.3) is 5.91 Å². The van der Waals surface area contributed by atoms with Crippen LogP contribution in [-0.2, 0) is 14.8 Å². The normalized spacial score (nSPS) is 15.0. The number of rotatable bonds is 6. The Hall–Kier alpha value is -2.75. The number of hydrogen-bond donors (Lipinski definition) is 1. The van der Waals surface area contributed by atoms with E-state index < -0.39 is 21.9 Å². The molecule has 4 rings (SSSR count). The van der Waals surface area contributed by atoms with E-state index >= 15 is 0 Å². The van der Waals surface area contributed by atoms with Crippen molar-refractivity contribution >= 4 is 48.3 Å². The number of nitrogens with zero attached hydrogens (tertiary/aromatic N) is 1. The van der Waals surface area contributed by atoms with Crippen molar-refractivity contribution in [3.8, 4) is 0 Å². The number of sulfonamides is 1. The summed E-state index contributed by atoms with van der Waals surface area (Å²) in [6, 6.07) is 13.2. The highest BCUT2D eigenvalue weighted by Gasteiger charge is 2.29. The average Bonchev–Trinajstić information content (AvgIpc) is 3.21. The molecule has 0 aliphatic heterocycles. The van der Waals surface area contributed by atoms with Crippen LogP contribution in [0.4, 0.5) is 5.00 Å². The van der Waals surface area contributed by atoms with E-state index in [1.807, 2.05) is 18.2 Å². The molecule has 1 N–H and O–H groups in total. The van der Waals surface area contributed by atoms with E-state index in [9.17, 15) is 18.0 Å². The van der Waals surface area contributed by atoms with Crippen LogP contribution in [0.1, 0.15) is 52.8 Å². The third-order valence-electron chi connectivity index (χ3n) is 6.09. The number of fused-ring (bicyclic) bond motifs is 1. The summed E-state index contributed by atoms with van der Waals surface area (Å²) in [6.45, 7) is 0. The lowest BCUT2D eigenvalue weighted by atomic mass is 9.96. The van der Waals surface area contributed by atoms with Crippen LogP contribution in [0.3, 0.4) is 0 Å². The second-order valence-electron chi connectivity index (χ2n) is 8.09. The number of amides is 1. The van der Waals surface area contributed by atoms with Gasteiger partial charge in [0.2, 0.25) is 10.0 Å². The van der Waals surface area contributed by atoms with Gasteiger partial charge >= 0.3 is 5.97 Å². The largest absolute Gasteiger partial charge is 0.465 e. The van der Waals surface area contributed by atoms with Gasteiger partial charge < -0.3 is 10.1 Å². The van der Waals surface area contributed by atoms with Crippen molar-refractivity contribution in [2.24, 2.45) is 0 Å². The number of nitrogens with one attached hydrogen (secondary N) is 1. The number of methoxy groups -OCH3 is 1. The van der Waals surface area contributed by atoms with E-state index in [1.165, 1.54) is 47.0 Å². The van der Waals surface area contributed by atoms with E-state index in [1.54, 1.807) is 13.1 Å². The summed E-state index contributed by atoms with van der Waals surface area (Å²) >= 11 is 1.28. The van der Waals surface area contributed by atoms with Crippen LogP contribution in [0.25, 0.3) is 10.1 Å². The highest BCUT2D eigenvalue weighted by Crippen LogP contribution is 2.36. The molecule has 174 valence electrons. The zero-order valence-corrected chi connectivity index (χ0v) is 20.2. The Morgan fingerprint density at radius 3 is 2.36 bits per heavy atom. The van der Waals surface area contributed by atoms with Gasteiger partial charge in [-0.05, 0) is 43.2 Å². The van der Waals surface area contributed by atoms with Gasteiger partial charge in [-0.3, -0.25) is 4.79 Å². The number of hydrogen-bond acceptors (Lipinski definition) is 6. The van der Waals surface area contributed by atoms with Crippen LogP contribution in [0.15, 0.2) is 53.4 Å². The first-order valence-corrected chi connectivity index (χ1v) is 13.1. The highest BCUT2D eigenvalue weighted by molar-refractivity contribution is 7.89. The minimum atomic E-state index is -3.64. The number of carbonyl (C=O) groups is 2. The van der Waals surface area contributed by atoms with Gasteiger partial charge in [-0.25, -0.2) is 13.2 Å². The number of anilines is 1. The SMILES string of the molecule is COC(=O)c1c(NC(=O)c2ccc(S(=O)(=O)N(C)C3CCCCC3)cc2)sc2ccccc12. The number of benzene rings is 2. The van der Waals surface area contributed by atoms with E-state index in [0.29, 0.717) is 21.5 Å². The molecule has 0 saturated heterocycles. The summed E-state index contributed by atoms with van der Waals surface area (Å²) in [6.07, 6.45) is 4.96. The van der Waals surface area contributed by atoms with Crippen molar-refractivity contribution in [3.63, 3.8) is 0 Å². The van der Waals surface area contributed by atoms with Gasteiger partial charge in [-0.15, -0.1) is 11.3 Å². The Morgan fingerprint density at radius 1 is 1.03 bits per heavy atom. The molecular formula is C24H26N2O5S2. The molecule has 0 unspecified atom stereocenters. The molecule has 1 aromatic heterocycles. The molecule has 3 aromatic rings. The van der Waals surface area contributed by atoms with Crippen LogP contribution in [0.5, 0.6) is 0 Å². The minimum Gasteiger partial charge on any atom is -0.465 e. The number of carbonyl (C=O) groups excluding carboxylic acids is 2. The molecule has 1 fully saturated rings. The first kappa shape index (κ1) is 23.4. The van der Waals surface area contributed by atoms with Crippen LogP contribution < -0.4 is 5.32 Å². The monoisotopic (exact) mass is 486 g/mol. The van der Waals surface area contributed by atoms with Crippen molar-refractivity contribution in [2.75, 3.05) is 19.5 Å². The van der Waals surface area contributed by atoms with Gasteiger partial charge in [-0.1, -0.05) is 37.5 Å². The molecule has 9 heteroatoms. The maximum Gasteiger partial charge on any atom is 0.341 e. The third-order valence-corrected chi connectivity index (χ3v) is 9.10. The fourth-order valence-electron chi connectivity index (χ4n) is 4.20. The second-order valence-corrected chi connectivity index (χ2v) is 11.1. The van der Waals surface area contributed by atoms with Crippen molar-refractivity contribution in [1.82, 2.24) is 4.31 Å². The minimum absolute atomic E-state index is 0.0106. The van der Waals surface area contributed by atoms with Crippen LogP contribution in [0.2, 0.25) is 0 Å². The fourth-order valence-corrected chi connectivity index (χ4v) is 6.70. The molecule has 1 aliphatic rings. The average molecular weight is 487 g/mol. The third kappa shape index (κ3) is 4.66. The van der Waals surface area contributed by atoms with Crippen LogP contribution >= 0.6 is 11.3 Å². The molecule has 33 heavy (non-hydrogen) atoms. The molecule has 0 bridgehead atoms. The first-order chi connectivity index (χ1) is 15.8. The Balaban J connectivity index is 1.55. The molecule has 0 atom stereocenters. The molecule has 7 nitrogen and oxygen atoms in total. The van der Waals surface area contributed by atoms with Crippen molar-refractivity contribution in [2.45, 2.75) is 43.0 Å². The molecule has 1 heterocycles. The van der Waals surface area contributed by atoms with Crippen molar-refractivity contribution < 1.29 is 22.7 Å². The number of thiophene rings is 1. The van der Waals surface area contributed by atoms with Crippen LogP contribution in [-0.4, -0.2) is 44.8 Å². The van der Waals surface area contributed by atoms with Gasteiger partial charge in [-0.2, -0.15) is 4.31 Å². The Kier molecular flexibility index (Phi) is 6.83. The highest BCUT2D eigenvalue weighted by atomic mass is 32.2. The predicted molar refractivity (Wildman–Crippen MR) is 129 cm³/mol. The Bertz CT molecular complexity index is 1280. The van der Waals surface area contributed by atoms with Crippen LogP contribution in [0, 0.1) is 0 Å². The molecule has 1 saturated carbocycles. The summed E-state index contributed by atoms with van der Waals surface area (Å²) in [5, 5.41) is 3.88. The van der Waals surface area contributed by atoms with Crippen molar-refractivity contribution in [1.29, 1.82) is 0 Å². The molecule has 1 aliphatic carbocycles. The quantitative estimate of drug-likeness (QED) is 0.501. The zero-order chi connectivity index (χ0) is 23.6. The summed E-state index contributed by atoms with van der Waals surface area (Å²) < 4.78 is 33.3. The standard InChI is InChI=1S/C24H26N2O5S2/c1-26(17-8-4-3-5-9-17)33(29,30)18-14-12-16(13-15-18)22(27)25-23-21(24(28)31-2)19-10-6-7-11-20(19)32-23/h6-7,10-15,17H,3-5,8-9H2,1-2H3,(H,25,27). The predicted octanol–water partition coefficient (Wildman–Crippen LogP) is 4.89. The first-order valence-electron chi connectivity index (χ1n) is 10.8. The molecule has 0 spiro atoms. The number of ether oxygens (including phenoxy) is 1. The van der Waals surface area contributed by atoms with Gasteiger partial charge in [0.05, 0.1) is 12.0 Å².